The van der Waals surface area contributed by atoms with E-state index >= 15 is 0 Å². The van der Waals surface area contributed by atoms with Crippen LogP contribution in [0.15, 0.2) is 48.5 Å². The Labute approximate surface area is 172 Å². The van der Waals surface area contributed by atoms with Gasteiger partial charge in [-0.1, -0.05) is 36.4 Å². The minimum atomic E-state index is -3.32. The van der Waals surface area contributed by atoms with Gasteiger partial charge in [-0.25, -0.2) is 17.9 Å². The monoisotopic (exact) mass is 416 g/mol. The van der Waals surface area contributed by atoms with Gasteiger partial charge in [-0.3, -0.25) is 0 Å². The second-order valence-corrected chi connectivity index (χ2v) is 10.1. The number of carbonyl (C=O) groups excluding carboxylic acids is 1. The number of esters is 1. The minimum absolute atomic E-state index is 0.101. The first-order valence-electron chi connectivity index (χ1n) is 9.69. The fraction of sp³-hybridized carbons (Fsp3) is 0.409. The van der Waals surface area contributed by atoms with Gasteiger partial charge in [0, 0.05) is 25.0 Å². The zero-order chi connectivity index (χ0) is 21.2. The van der Waals surface area contributed by atoms with Crippen molar-refractivity contribution in [1.29, 1.82) is 0 Å². The van der Waals surface area contributed by atoms with E-state index in [0.29, 0.717) is 12.1 Å². The molecule has 7 heteroatoms. The molecule has 2 aromatic rings. The van der Waals surface area contributed by atoms with Crippen molar-refractivity contribution in [3.63, 3.8) is 0 Å². The molecule has 156 valence electrons. The number of likely N-dealkylation sites (N-methyl/N-ethyl adjacent to an activating group) is 1. The number of sulfonamides is 1. The summed E-state index contributed by atoms with van der Waals surface area (Å²) in [7, 11) is 0.0479. The lowest BCUT2D eigenvalue weighted by Crippen LogP contribution is -2.42. The van der Waals surface area contributed by atoms with Gasteiger partial charge in [0.2, 0.25) is 10.0 Å². The first-order valence-corrected chi connectivity index (χ1v) is 11.2. The lowest BCUT2D eigenvalue weighted by Gasteiger charge is -2.22. The van der Waals surface area contributed by atoms with Crippen LogP contribution in [0.2, 0.25) is 0 Å². The molecular weight excluding hydrogens is 388 g/mol. The lowest BCUT2D eigenvalue weighted by atomic mass is 9.93. The molecule has 6 nitrogen and oxygen atoms in total. The molecule has 1 aliphatic rings. The molecule has 0 bridgehead atoms. The van der Waals surface area contributed by atoms with Gasteiger partial charge in [0.15, 0.2) is 0 Å². The molecule has 1 N–H and O–H groups in total. The predicted octanol–water partition coefficient (Wildman–Crippen LogP) is 2.87. The van der Waals surface area contributed by atoms with E-state index in [2.05, 4.69) is 21.8 Å². The van der Waals surface area contributed by atoms with Crippen LogP contribution in [-0.2, 0) is 14.8 Å². The number of likely N-dealkylation sites (tertiary alicyclic amines) is 1. The molecule has 3 rings (SSSR count). The van der Waals surface area contributed by atoms with E-state index in [9.17, 15) is 13.2 Å². The topological polar surface area (TPSA) is 75.7 Å². The summed E-state index contributed by atoms with van der Waals surface area (Å²) in [5.41, 5.74) is 3.67. The van der Waals surface area contributed by atoms with Crippen LogP contribution < -0.4 is 4.72 Å². The maximum atomic E-state index is 12.3. The largest absolute Gasteiger partial charge is 0.465 e. The molecule has 1 fully saturated rings. The summed E-state index contributed by atoms with van der Waals surface area (Å²) in [5.74, 6) is -0.253. The fourth-order valence-corrected chi connectivity index (χ4v) is 4.58. The Bertz CT molecular complexity index is 953. The summed E-state index contributed by atoms with van der Waals surface area (Å²) in [6.45, 7) is 4.87. The average Bonchev–Trinajstić information content (AvgIpc) is 3.07. The first-order chi connectivity index (χ1) is 13.7. The molecule has 0 saturated carbocycles. The molecule has 29 heavy (non-hydrogen) atoms. The van der Waals surface area contributed by atoms with Gasteiger partial charge >= 0.3 is 5.97 Å². The summed E-state index contributed by atoms with van der Waals surface area (Å²) in [4.78, 5) is 13.7. The summed E-state index contributed by atoms with van der Waals surface area (Å²) >= 11 is 0. The summed E-state index contributed by atoms with van der Waals surface area (Å²) in [5, 5.41) is -0.454. The van der Waals surface area contributed by atoms with Crippen molar-refractivity contribution < 1.29 is 17.9 Å². The number of benzene rings is 2. The third-order valence-electron chi connectivity index (χ3n) is 5.42. The number of rotatable bonds is 6. The first kappa shape index (κ1) is 21.5. The molecule has 0 radical (unpaired) electrons. The molecule has 1 saturated heterocycles. The van der Waals surface area contributed by atoms with E-state index in [4.69, 9.17) is 4.74 Å². The SMILES string of the molecule is COC(=O)c1ccc(-c2ccc(C3CN(C)CC3NS(=O)(=O)C(C)C)cc2)cc1. The van der Waals surface area contributed by atoms with Gasteiger partial charge in [-0.2, -0.15) is 0 Å². The highest BCUT2D eigenvalue weighted by molar-refractivity contribution is 7.90. The maximum Gasteiger partial charge on any atom is 0.337 e. The van der Waals surface area contributed by atoms with Crippen molar-refractivity contribution in [3.8, 4) is 11.1 Å². The summed E-state index contributed by atoms with van der Waals surface area (Å²) in [6.07, 6.45) is 0. The van der Waals surface area contributed by atoms with Crippen LogP contribution in [-0.4, -0.2) is 57.8 Å². The van der Waals surface area contributed by atoms with Gasteiger partial charge in [0.1, 0.15) is 0 Å². The number of hydrogen-bond donors (Lipinski definition) is 1. The zero-order valence-corrected chi connectivity index (χ0v) is 18.1. The van der Waals surface area contributed by atoms with Crippen molar-refractivity contribution in [2.75, 3.05) is 27.2 Å². The third kappa shape index (κ3) is 4.86. The van der Waals surface area contributed by atoms with Crippen LogP contribution >= 0.6 is 0 Å². The number of methoxy groups -OCH3 is 1. The van der Waals surface area contributed by atoms with Crippen molar-refractivity contribution in [2.45, 2.75) is 31.1 Å². The smallest absolute Gasteiger partial charge is 0.337 e. The average molecular weight is 417 g/mol. The molecule has 2 aromatic carbocycles. The van der Waals surface area contributed by atoms with Gasteiger partial charge in [0.25, 0.3) is 0 Å². The van der Waals surface area contributed by atoms with Gasteiger partial charge in [-0.15, -0.1) is 0 Å². The minimum Gasteiger partial charge on any atom is -0.465 e. The molecule has 0 amide bonds. The highest BCUT2D eigenvalue weighted by Gasteiger charge is 2.35. The van der Waals surface area contributed by atoms with Crippen LogP contribution in [0.25, 0.3) is 11.1 Å². The quantitative estimate of drug-likeness (QED) is 0.733. The number of nitrogens with zero attached hydrogens (tertiary/aromatic N) is 1. The van der Waals surface area contributed by atoms with Crippen LogP contribution in [0, 0.1) is 0 Å². The Morgan fingerprint density at radius 2 is 1.59 bits per heavy atom. The van der Waals surface area contributed by atoms with E-state index in [-0.39, 0.29) is 17.9 Å². The van der Waals surface area contributed by atoms with Gasteiger partial charge in [-0.05, 0) is 49.7 Å². The number of hydrogen-bond acceptors (Lipinski definition) is 5. The standard InChI is InChI=1S/C22H28N2O4S/c1-15(2)29(26,27)23-21-14-24(3)13-20(21)18-9-5-16(6-10-18)17-7-11-19(12-8-17)22(25)28-4/h5-12,15,20-21,23H,13-14H2,1-4H3. The number of ether oxygens (including phenoxy) is 1. The Morgan fingerprint density at radius 1 is 1.03 bits per heavy atom. The van der Waals surface area contributed by atoms with Crippen molar-refractivity contribution in [3.05, 3.63) is 59.7 Å². The molecule has 1 aliphatic heterocycles. The van der Waals surface area contributed by atoms with E-state index in [1.807, 2.05) is 31.3 Å². The second kappa shape index (κ2) is 8.65. The second-order valence-electron chi connectivity index (χ2n) is 7.84. The number of carbonyl (C=O) groups is 1. The Kier molecular flexibility index (Phi) is 6.41. The van der Waals surface area contributed by atoms with Crippen LogP contribution in [0.4, 0.5) is 0 Å². The molecular formula is C22H28N2O4S. The van der Waals surface area contributed by atoms with E-state index in [0.717, 1.165) is 23.2 Å². The third-order valence-corrected chi connectivity index (χ3v) is 7.29. The van der Waals surface area contributed by atoms with Crippen molar-refractivity contribution in [1.82, 2.24) is 9.62 Å². The molecule has 0 aromatic heterocycles. The zero-order valence-electron chi connectivity index (χ0n) is 17.3. The van der Waals surface area contributed by atoms with Crippen molar-refractivity contribution in [2.24, 2.45) is 0 Å². The van der Waals surface area contributed by atoms with Crippen LogP contribution in [0.5, 0.6) is 0 Å². The van der Waals surface area contributed by atoms with E-state index < -0.39 is 15.3 Å². The maximum absolute atomic E-state index is 12.3. The molecule has 2 unspecified atom stereocenters. The van der Waals surface area contributed by atoms with Gasteiger partial charge in [0.05, 0.1) is 17.9 Å². The summed E-state index contributed by atoms with van der Waals surface area (Å²) in [6, 6.07) is 15.3. The van der Waals surface area contributed by atoms with Crippen LogP contribution in [0.3, 0.4) is 0 Å². The summed E-state index contributed by atoms with van der Waals surface area (Å²) < 4.78 is 32.3. The predicted molar refractivity (Wildman–Crippen MR) is 114 cm³/mol. The molecule has 1 heterocycles. The molecule has 0 spiro atoms. The van der Waals surface area contributed by atoms with Gasteiger partial charge < -0.3 is 9.64 Å². The highest BCUT2D eigenvalue weighted by Crippen LogP contribution is 2.30. The molecule has 2 atom stereocenters. The lowest BCUT2D eigenvalue weighted by molar-refractivity contribution is 0.0600. The Morgan fingerprint density at radius 3 is 2.10 bits per heavy atom. The number of nitrogens with one attached hydrogen (secondary N) is 1. The molecule has 0 aliphatic carbocycles. The van der Waals surface area contributed by atoms with Crippen LogP contribution in [0.1, 0.15) is 35.7 Å². The van der Waals surface area contributed by atoms with E-state index in [1.54, 1.807) is 26.0 Å². The Balaban J connectivity index is 1.79. The Hall–Kier alpha value is -2.22. The van der Waals surface area contributed by atoms with E-state index in [1.165, 1.54) is 7.11 Å². The normalized spacial score (nSPS) is 20.2. The van der Waals surface area contributed by atoms with Crippen molar-refractivity contribution >= 4 is 16.0 Å². The fourth-order valence-electron chi connectivity index (χ4n) is 3.64. The highest BCUT2D eigenvalue weighted by atomic mass is 32.2.